The Hall–Kier alpha value is -3.87. The molecule has 5 aromatic rings. The van der Waals surface area contributed by atoms with Crippen LogP contribution in [0.15, 0.2) is 67.1 Å². The lowest BCUT2D eigenvalue weighted by molar-refractivity contribution is 0.991. The summed E-state index contributed by atoms with van der Waals surface area (Å²) < 4.78 is 0. The van der Waals surface area contributed by atoms with Crippen LogP contribution in [0.25, 0.3) is 21.8 Å². The maximum Gasteiger partial charge on any atom is 0.224 e. The number of H-pyrrole nitrogens is 2. The molecule has 0 radical (unpaired) electrons. The quantitative estimate of drug-likeness (QED) is 0.359. The van der Waals surface area contributed by atoms with Crippen LogP contribution in [0.4, 0.5) is 17.5 Å². The fourth-order valence-electron chi connectivity index (χ4n) is 3.38. The van der Waals surface area contributed by atoms with E-state index in [9.17, 15) is 0 Å². The molecule has 0 saturated heterocycles. The molecule has 3 aromatic heterocycles. The molecular weight excluding hydrogens is 350 g/mol. The molecule has 0 aliphatic heterocycles. The molecule has 0 saturated carbocycles. The molecule has 0 fully saturated rings. The monoisotopic (exact) mass is 369 g/mol. The van der Waals surface area contributed by atoms with Gasteiger partial charge in [-0.3, -0.25) is 5.10 Å². The van der Waals surface area contributed by atoms with Gasteiger partial charge in [-0.2, -0.15) is 10.1 Å². The van der Waals surface area contributed by atoms with E-state index in [1.54, 1.807) is 12.4 Å². The molecule has 3 heterocycles. The van der Waals surface area contributed by atoms with E-state index in [1.165, 1.54) is 10.9 Å². The van der Waals surface area contributed by atoms with Crippen molar-refractivity contribution in [2.75, 3.05) is 17.2 Å². The number of benzene rings is 2. The van der Waals surface area contributed by atoms with Crippen LogP contribution in [0.2, 0.25) is 0 Å². The molecule has 0 aliphatic carbocycles. The lowest BCUT2D eigenvalue weighted by Crippen LogP contribution is -2.08. The zero-order valence-corrected chi connectivity index (χ0v) is 15.1. The van der Waals surface area contributed by atoms with Gasteiger partial charge in [0.05, 0.1) is 17.4 Å². The Morgan fingerprint density at radius 2 is 1.86 bits per heavy atom. The van der Waals surface area contributed by atoms with Crippen molar-refractivity contribution in [3.05, 3.63) is 72.7 Å². The van der Waals surface area contributed by atoms with Crippen LogP contribution in [0, 0.1) is 0 Å². The van der Waals surface area contributed by atoms with Gasteiger partial charge in [-0.1, -0.05) is 24.3 Å². The van der Waals surface area contributed by atoms with Crippen LogP contribution in [0.3, 0.4) is 0 Å². The summed E-state index contributed by atoms with van der Waals surface area (Å²) in [5.41, 5.74) is 4.38. The van der Waals surface area contributed by atoms with Crippen molar-refractivity contribution in [2.24, 2.45) is 0 Å². The van der Waals surface area contributed by atoms with E-state index in [0.29, 0.717) is 5.95 Å². The van der Waals surface area contributed by atoms with Crippen LogP contribution in [-0.4, -0.2) is 31.7 Å². The van der Waals surface area contributed by atoms with Crippen LogP contribution in [-0.2, 0) is 6.42 Å². The van der Waals surface area contributed by atoms with E-state index in [-0.39, 0.29) is 0 Å². The molecule has 4 N–H and O–H groups in total. The topological polar surface area (TPSA) is 94.3 Å². The van der Waals surface area contributed by atoms with Gasteiger partial charge in [-0.05, 0) is 36.2 Å². The number of aromatic amines is 2. The Labute approximate surface area is 161 Å². The number of nitrogens with zero attached hydrogens (tertiary/aromatic N) is 3. The van der Waals surface area contributed by atoms with Crippen LogP contribution >= 0.6 is 0 Å². The van der Waals surface area contributed by atoms with Crippen molar-refractivity contribution in [1.82, 2.24) is 25.1 Å². The molecule has 0 atom stereocenters. The highest BCUT2D eigenvalue weighted by Gasteiger charge is 2.06. The normalized spacial score (nSPS) is 11.1. The third-order valence-corrected chi connectivity index (χ3v) is 4.76. The average Bonchev–Trinajstić information content (AvgIpc) is 3.36. The van der Waals surface area contributed by atoms with Crippen molar-refractivity contribution in [1.29, 1.82) is 0 Å². The highest BCUT2D eigenvalue weighted by Crippen LogP contribution is 2.24. The number of para-hydroxylation sites is 1. The van der Waals surface area contributed by atoms with Gasteiger partial charge in [-0.15, -0.1) is 0 Å². The van der Waals surface area contributed by atoms with Crippen molar-refractivity contribution in [3.8, 4) is 0 Å². The Kier molecular flexibility index (Phi) is 4.10. The highest BCUT2D eigenvalue weighted by atomic mass is 15.1. The lowest BCUT2D eigenvalue weighted by Gasteiger charge is -2.09. The summed E-state index contributed by atoms with van der Waals surface area (Å²) in [6, 6.07) is 16.1. The van der Waals surface area contributed by atoms with Gasteiger partial charge in [-0.25, -0.2) is 4.98 Å². The summed E-state index contributed by atoms with van der Waals surface area (Å²) in [5, 5.41) is 16.0. The number of aromatic nitrogens is 5. The van der Waals surface area contributed by atoms with E-state index < -0.39 is 0 Å². The minimum Gasteiger partial charge on any atom is -0.361 e. The number of hydrogen-bond donors (Lipinski definition) is 4. The predicted molar refractivity (Wildman–Crippen MR) is 112 cm³/mol. The Balaban J connectivity index is 1.27. The van der Waals surface area contributed by atoms with E-state index in [2.05, 4.69) is 60.2 Å². The number of nitrogens with one attached hydrogen (secondary N) is 4. The first-order chi connectivity index (χ1) is 13.9. The summed E-state index contributed by atoms with van der Waals surface area (Å²) in [6.07, 6.45) is 6.51. The molecule has 7 heteroatoms. The van der Waals surface area contributed by atoms with Gasteiger partial charge in [0.1, 0.15) is 5.82 Å². The molecule has 0 spiro atoms. The molecule has 0 amide bonds. The zero-order valence-electron chi connectivity index (χ0n) is 15.1. The summed E-state index contributed by atoms with van der Waals surface area (Å²) in [7, 11) is 0. The Morgan fingerprint density at radius 1 is 0.929 bits per heavy atom. The first kappa shape index (κ1) is 16.3. The van der Waals surface area contributed by atoms with Crippen molar-refractivity contribution < 1.29 is 0 Å². The van der Waals surface area contributed by atoms with E-state index >= 15 is 0 Å². The number of rotatable bonds is 6. The summed E-state index contributed by atoms with van der Waals surface area (Å²) in [6.45, 7) is 0.753. The SMILES string of the molecule is c1ccc2c(CCNc3nccc(Nc4cccc5[nH]ncc45)n3)c[nH]c2c1. The fraction of sp³-hybridized carbons (Fsp3) is 0.0952. The molecular formula is C21H19N7. The minimum absolute atomic E-state index is 0.601. The molecule has 0 unspecified atom stereocenters. The van der Waals surface area contributed by atoms with Crippen LogP contribution in [0.1, 0.15) is 5.56 Å². The molecule has 5 rings (SSSR count). The first-order valence-electron chi connectivity index (χ1n) is 9.18. The third-order valence-electron chi connectivity index (χ3n) is 4.76. The smallest absolute Gasteiger partial charge is 0.224 e. The van der Waals surface area contributed by atoms with Gasteiger partial charge in [0.15, 0.2) is 0 Å². The summed E-state index contributed by atoms with van der Waals surface area (Å²) in [4.78, 5) is 12.2. The fourth-order valence-corrected chi connectivity index (χ4v) is 3.38. The number of fused-ring (bicyclic) bond motifs is 2. The number of anilines is 3. The maximum atomic E-state index is 4.57. The van der Waals surface area contributed by atoms with Gasteiger partial charge in [0, 0.05) is 35.2 Å². The molecule has 7 nitrogen and oxygen atoms in total. The third kappa shape index (κ3) is 3.14. The molecule has 0 bridgehead atoms. The van der Waals surface area contributed by atoms with Gasteiger partial charge >= 0.3 is 0 Å². The summed E-state index contributed by atoms with van der Waals surface area (Å²) >= 11 is 0. The number of hydrogen-bond acceptors (Lipinski definition) is 5. The van der Waals surface area contributed by atoms with Crippen LogP contribution in [0.5, 0.6) is 0 Å². The van der Waals surface area contributed by atoms with Crippen molar-refractivity contribution in [2.45, 2.75) is 6.42 Å². The van der Waals surface area contributed by atoms with E-state index in [0.717, 1.165) is 40.9 Å². The molecule has 138 valence electrons. The Morgan fingerprint density at radius 3 is 2.86 bits per heavy atom. The standard InChI is InChI=1S/C21H19N7/c1-2-5-17-15(4-1)14(12-24-17)8-10-22-21-23-11-9-20(27-21)26-18-6-3-7-19-16(18)13-25-28-19/h1-7,9,11-13,24H,8,10H2,(H,25,28)(H2,22,23,26,27). The van der Waals surface area contributed by atoms with E-state index in [1.807, 2.05) is 30.3 Å². The lowest BCUT2D eigenvalue weighted by atomic mass is 10.1. The van der Waals surface area contributed by atoms with Gasteiger partial charge < -0.3 is 15.6 Å². The maximum absolute atomic E-state index is 4.57. The average molecular weight is 369 g/mol. The minimum atomic E-state index is 0.601. The van der Waals surface area contributed by atoms with E-state index in [4.69, 9.17) is 0 Å². The van der Waals surface area contributed by atoms with Crippen molar-refractivity contribution >= 4 is 39.3 Å². The molecule has 28 heavy (non-hydrogen) atoms. The van der Waals surface area contributed by atoms with Gasteiger partial charge in [0.25, 0.3) is 0 Å². The van der Waals surface area contributed by atoms with Crippen molar-refractivity contribution in [3.63, 3.8) is 0 Å². The highest BCUT2D eigenvalue weighted by molar-refractivity contribution is 5.92. The molecule has 2 aromatic carbocycles. The second kappa shape index (κ2) is 7.03. The first-order valence-corrected chi connectivity index (χ1v) is 9.18. The largest absolute Gasteiger partial charge is 0.361 e. The van der Waals surface area contributed by atoms with Gasteiger partial charge in [0.2, 0.25) is 5.95 Å². The van der Waals surface area contributed by atoms with Crippen LogP contribution < -0.4 is 10.6 Å². The summed E-state index contributed by atoms with van der Waals surface area (Å²) in [5.74, 6) is 1.34. The Bertz CT molecular complexity index is 1240. The second-order valence-corrected chi connectivity index (χ2v) is 6.56. The molecule has 0 aliphatic rings. The zero-order chi connectivity index (χ0) is 18.8. The predicted octanol–water partition coefficient (Wildman–Crippen LogP) is 4.23. The second-order valence-electron chi connectivity index (χ2n) is 6.56.